The SMILES string of the molecule is COc1ccccc1NC(=O)[C@@]12CCC(=O)N1c1ccccc1C(=O)N2Cc1ccccc1. The quantitative estimate of drug-likeness (QED) is 0.653. The fourth-order valence-electron chi connectivity index (χ4n) is 4.74. The number of nitrogens with one attached hydrogen (secondary N) is 1. The van der Waals surface area contributed by atoms with Crippen molar-refractivity contribution in [1.82, 2.24) is 4.90 Å². The van der Waals surface area contributed by atoms with Crippen LogP contribution >= 0.6 is 0 Å². The fourth-order valence-corrected chi connectivity index (χ4v) is 4.74. The van der Waals surface area contributed by atoms with Crippen molar-refractivity contribution in [1.29, 1.82) is 0 Å². The topological polar surface area (TPSA) is 79.0 Å². The number of para-hydroxylation sites is 3. The Morgan fingerprint density at radius 2 is 1.67 bits per heavy atom. The second-order valence-electron chi connectivity index (χ2n) is 8.09. The van der Waals surface area contributed by atoms with Crippen LogP contribution in [0.1, 0.15) is 28.8 Å². The third kappa shape index (κ3) is 3.24. The van der Waals surface area contributed by atoms with Gasteiger partial charge in [-0.1, -0.05) is 54.6 Å². The molecular weight excluding hydrogens is 418 g/mol. The molecule has 3 aromatic rings. The monoisotopic (exact) mass is 441 g/mol. The summed E-state index contributed by atoms with van der Waals surface area (Å²) in [5.41, 5.74) is 0.728. The average Bonchev–Trinajstić information content (AvgIpc) is 3.21. The molecule has 1 saturated heterocycles. The number of hydrogen-bond donors (Lipinski definition) is 1. The van der Waals surface area contributed by atoms with Crippen molar-refractivity contribution < 1.29 is 19.1 Å². The highest BCUT2D eigenvalue weighted by Crippen LogP contribution is 2.46. The van der Waals surface area contributed by atoms with Gasteiger partial charge < -0.3 is 15.0 Å². The van der Waals surface area contributed by atoms with Crippen molar-refractivity contribution in [2.24, 2.45) is 0 Å². The summed E-state index contributed by atoms with van der Waals surface area (Å²) >= 11 is 0. The van der Waals surface area contributed by atoms with Crippen LogP contribution in [0.15, 0.2) is 78.9 Å². The summed E-state index contributed by atoms with van der Waals surface area (Å²) < 4.78 is 5.39. The molecule has 166 valence electrons. The number of methoxy groups -OCH3 is 1. The number of fused-ring (bicyclic) bond motifs is 3. The van der Waals surface area contributed by atoms with Gasteiger partial charge in [0.05, 0.1) is 24.0 Å². The zero-order valence-corrected chi connectivity index (χ0v) is 18.2. The van der Waals surface area contributed by atoms with Gasteiger partial charge in [0.1, 0.15) is 5.75 Å². The molecule has 3 amide bonds. The van der Waals surface area contributed by atoms with E-state index in [0.29, 0.717) is 22.7 Å². The Morgan fingerprint density at radius 1 is 0.970 bits per heavy atom. The number of amides is 3. The maximum atomic E-state index is 14.0. The van der Waals surface area contributed by atoms with Gasteiger partial charge in [-0.25, -0.2) is 0 Å². The molecule has 1 fully saturated rings. The first-order valence-corrected chi connectivity index (χ1v) is 10.8. The predicted octanol–water partition coefficient (Wildman–Crippen LogP) is 3.81. The Hall–Kier alpha value is -4.13. The number of benzene rings is 3. The van der Waals surface area contributed by atoms with E-state index < -0.39 is 11.6 Å². The van der Waals surface area contributed by atoms with Crippen LogP contribution < -0.4 is 15.0 Å². The molecule has 1 N–H and O–H groups in total. The fraction of sp³-hybridized carbons (Fsp3) is 0.192. The Kier molecular flexibility index (Phi) is 5.09. The average molecular weight is 441 g/mol. The van der Waals surface area contributed by atoms with E-state index in [9.17, 15) is 14.4 Å². The molecule has 0 bridgehead atoms. The van der Waals surface area contributed by atoms with Crippen molar-refractivity contribution in [3.8, 4) is 5.75 Å². The zero-order chi connectivity index (χ0) is 23.0. The van der Waals surface area contributed by atoms with Gasteiger partial charge in [0.15, 0.2) is 0 Å². The molecule has 2 aliphatic rings. The van der Waals surface area contributed by atoms with Crippen molar-refractivity contribution >= 4 is 29.1 Å². The van der Waals surface area contributed by atoms with E-state index in [4.69, 9.17) is 4.74 Å². The van der Waals surface area contributed by atoms with E-state index in [2.05, 4.69) is 5.32 Å². The first-order chi connectivity index (χ1) is 16.1. The van der Waals surface area contributed by atoms with Gasteiger partial charge in [0.25, 0.3) is 11.8 Å². The molecule has 5 rings (SSSR count). The van der Waals surface area contributed by atoms with Gasteiger partial charge in [0.2, 0.25) is 11.6 Å². The molecule has 0 radical (unpaired) electrons. The molecule has 1 atom stereocenters. The van der Waals surface area contributed by atoms with Crippen LogP contribution in [-0.4, -0.2) is 35.4 Å². The lowest BCUT2D eigenvalue weighted by Gasteiger charge is -2.49. The van der Waals surface area contributed by atoms with Crippen LogP contribution in [0.4, 0.5) is 11.4 Å². The highest BCUT2D eigenvalue weighted by atomic mass is 16.5. The van der Waals surface area contributed by atoms with E-state index in [1.54, 1.807) is 48.5 Å². The normalized spacial score (nSPS) is 19.2. The number of hydrogen-bond acceptors (Lipinski definition) is 4. The van der Waals surface area contributed by atoms with Gasteiger partial charge in [-0.2, -0.15) is 0 Å². The van der Waals surface area contributed by atoms with E-state index in [1.165, 1.54) is 16.9 Å². The number of carbonyl (C=O) groups excluding carboxylic acids is 3. The van der Waals surface area contributed by atoms with Crippen molar-refractivity contribution in [3.05, 3.63) is 90.0 Å². The zero-order valence-electron chi connectivity index (χ0n) is 18.2. The first kappa shape index (κ1) is 20.8. The van der Waals surface area contributed by atoms with Gasteiger partial charge >= 0.3 is 0 Å². The molecule has 0 aliphatic carbocycles. The molecule has 0 unspecified atom stereocenters. The van der Waals surface area contributed by atoms with E-state index in [0.717, 1.165) is 5.56 Å². The lowest BCUT2D eigenvalue weighted by atomic mass is 9.94. The summed E-state index contributed by atoms with van der Waals surface area (Å²) in [4.78, 5) is 43.9. The smallest absolute Gasteiger partial charge is 0.271 e. The van der Waals surface area contributed by atoms with Crippen LogP contribution in [0, 0.1) is 0 Å². The predicted molar refractivity (Wildman–Crippen MR) is 124 cm³/mol. The number of carbonyl (C=O) groups is 3. The molecule has 0 saturated carbocycles. The van der Waals surface area contributed by atoms with E-state index in [-0.39, 0.29) is 31.2 Å². The number of rotatable bonds is 5. The molecule has 0 spiro atoms. The lowest BCUT2D eigenvalue weighted by Crippen LogP contribution is -2.69. The third-order valence-corrected chi connectivity index (χ3v) is 6.28. The summed E-state index contributed by atoms with van der Waals surface area (Å²) in [6, 6.07) is 23.5. The van der Waals surface area contributed by atoms with Gasteiger partial charge in [-0.05, 0) is 29.8 Å². The summed E-state index contributed by atoms with van der Waals surface area (Å²) in [5.74, 6) is -0.425. The van der Waals surface area contributed by atoms with Crippen molar-refractivity contribution in [3.63, 3.8) is 0 Å². The standard InChI is InChI=1S/C26H23N3O4/c1-33-22-14-8-6-12-20(22)27-25(32)26-16-15-23(30)29(26)21-13-7-5-11-19(21)24(31)28(26)17-18-9-3-2-4-10-18/h2-14H,15-17H2,1H3,(H,27,32)/t26-/m1/s1. The maximum Gasteiger partial charge on any atom is 0.271 e. The molecular formula is C26H23N3O4. The third-order valence-electron chi connectivity index (χ3n) is 6.28. The summed E-state index contributed by atoms with van der Waals surface area (Å²) in [6.45, 7) is 0.192. The highest BCUT2D eigenvalue weighted by Gasteiger charge is 2.60. The van der Waals surface area contributed by atoms with Crippen LogP contribution in [0.2, 0.25) is 0 Å². The molecule has 7 heteroatoms. The minimum absolute atomic E-state index is 0.159. The summed E-state index contributed by atoms with van der Waals surface area (Å²) in [7, 11) is 1.52. The maximum absolute atomic E-state index is 14.0. The summed E-state index contributed by atoms with van der Waals surface area (Å²) in [5, 5.41) is 2.93. The molecule has 2 heterocycles. The Labute approximate surface area is 191 Å². The molecule has 2 aliphatic heterocycles. The van der Waals surface area contributed by atoms with Crippen molar-refractivity contribution in [2.75, 3.05) is 17.3 Å². The number of ether oxygens (including phenoxy) is 1. The number of anilines is 2. The Bertz CT molecular complexity index is 1240. The molecule has 0 aromatic heterocycles. The van der Waals surface area contributed by atoms with Gasteiger partial charge in [-0.3, -0.25) is 19.3 Å². The minimum Gasteiger partial charge on any atom is -0.495 e. The Morgan fingerprint density at radius 3 is 2.45 bits per heavy atom. The molecule has 7 nitrogen and oxygen atoms in total. The second-order valence-corrected chi connectivity index (χ2v) is 8.09. The van der Waals surface area contributed by atoms with Crippen LogP contribution in [0.5, 0.6) is 5.75 Å². The van der Waals surface area contributed by atoms with Crippen molar-refractivity contribution in [2.45, 2.75) is 25.0 Å². The Balaban J connectivity index is 1.65. The molecule has 3 aromatic carbocycles. The lowest BCUT2D eigenvalue weighted by molar-refractivity contribution is -0.129. The van der Waals surface area contributed by atoms with E-state index >= 15 is 0 Å². The van der Waals surface area contributed by atoms with Crippen LogP contribution in [-0.2, 0) is 16.1 Å². The molecule has 33 heavy (non-hydrogen) atoms. The summed E-state index contributed by atoms with van der Waals surface area (Å²) in [6.07, 6.45) is 0.353. The highest BCUT2D eigenvalue weighted by molar-refractivity contribution is 6.18. The largest absolute Gasteiger partial charge is 0.495 e. The number of nitrogens with zero attached hydrogens (tertiary/aromatic N) is 2. The van der Waals surface area contributed by atoms with Crippen LogP contribution in [0.25, 0.3) is 0 Å². The second kappa shape index (κ2) is 8.09. The van der Waals surface area contributed by atoms with Gasteiger partial charge in [0, 0.05) is 19.4 Å². The first-order valence-electron chi connectivity index (χ1n) is 10.8. The van der Waals surface area contributed by atoms with E-state index in [1.807, 2.05) is 30.3 Å². The minimum atomic E-state index is -1.49. The van der Waals surface area contributed by atoms with Crippen LogP contribution in [0.3, 0.4) is 0 Å². The van der Waals surface area contributed by atoms with Gasteiger partial charge in [-0.15, -0.1) is 0 Å².